The molecule has 0 fully saturated rings. The van der Waals surface area contributed by atoms with Crippen LogP contribution in [-0.2, 0) is 43.2 Å². The average Bonchev–Trinajstić information content (AvgIpc) is 3.66. The zero-order chi connectivity index (χ0) is 67.3. The van der Waals surface area contributed by atoms with Gasteiger partial charge in [0, 0.05) is 97.4 Å². The number of hydrogen-bond donors (Lipinski definition) is 24. The average molecular weight is 1310 g/mol. The zero-order valence-corrected chi connectivity index (χ0v) is 51.9. The minimum Gasteiger partial charge on any atom is -0.480 e. The molecule has 0 aromatic heterocycles. The third-order valence-electron chi connectivity index (χ3n) is 12.1. The maximum absolute atomic E-state index is 14.6. The molecular weight excluding hydrogens is 1210 g/mol. The third kappa shape index (κ3) is 41.2. The van der Waals surface area contributed by atoms with Gasteiger partial charge in [-0.25, -0.2) is 0 Å². The van der Waals surface area contributed by atoms with E-state index in [9.17, 15) is 43.2 Å². The summed E-state index contributed by atoms with van der Waals surface area (Å²) in [5, 5.41) is 73.0. The molecule has 8 amide bonds. The minimum absolute atomic E-state index is 0.00742. The Hall–Kier alpha value is -8.61. The Labute approximate surface area is 524 Å². The first-order chi connectivity index (χ1) is 42.1. The lowest BCUT2D eigenvalue weighted by Crippen LogP contribution is -2.53. The van der Waals surface area contributed by atoms with Gasteiger partial charge in [-0.15, -0.1) is 0 Å². The largest absolute Gasteiger partial charge is 0.480 e. The molecule has 0 aliphatic carbocycles. The Morgan fingerprint density at radius 3 is 0.831 bits per heavy atom. The number of carbonyl (C=O) groups is 9. The highest BCUT2D eigenvalue weighted by Crippen LogP contribution is 2.20. The molecule has 0 aliphatic rings. The SMILES string of the molecule is N=C(N)NCCCN(CC(N)=O)C(=O)CN(CCCNC(=N)N)C(=O)CN(CCCNC(=N)N)C(=O)CN(CCCNN)C(=O)CN(CCCNC(=N)N)C(=O)CN(CCCNC(=N)N)C(=O)CN(CCCNC(=N)N)C(=O)CNCSSC[C@H](N)C(=O)O. The number of amides is 8. The second-order valence-electron chi connectivity index (χ2n) is 19.6. The molecular formula is C47H96N30O10S2. The van der Waals surface area contributed by atoms with Crippen LogP contribution >= 0.6 is 21.6 Å². The number of nitrogens with one attached hydrogen (secondary N) is 14. The van der Waals surface area contributed by atoms with Crippen molar-refractivity contribution in [2.75, 3.05) is 156 Å². The number of carbonyl (C=O) groups excluding carboxylic acids is 8. The Bertz CT molecular complexity index is 2330. The molecule has 0 aliphatic heterocycles. The van der Waals surface area contributed by atoms with E-state index in [1.165, 1.54) is 31.4 Å². The Balaban J connectivity index is 7.22. The highest BCUT2D eigenvalue weighted by atomic mass is 33.1. The first kappa shape index (κ1) is 80.4. The smallest absolute Gasteiger partial charge is 0.321 e. The van der Waals surface area contributed by atoms with Gasteiger partial charge in [0.05, 0.1) is 58.2 Å². The molecule has 0 heterocycles. The fourth-order valence-electron chi connectivity index (χ4n) is 7.69. The van der Waals surface area contributed by atoms with Gasteiger partial charge < -0.3 is 117 Å². The monoisotopic (exact) mass is 1300 g/mol. The summed E-state index contributed by atoms with van der Waals surface area (Å²) in [4.78, 5) is 131. The highest BCUT2D eigenvalue weighted by molar-refractivity contribution is 8.76. The van der Waals surface area contributed by atoms with Crippen molar-refractivity contribution in [3.8, 4) is 0 Å². The first-order valence-electron chi connectivity index (χ1n) is 28.1. The highest BCUT2D eigenvalue weighted by Gasteiger charge is 2.31. The summed E-state index contributed by atoms with van der Waals surface area (Å²) >= 11 is 0. The molecule has 0 unspecified atom stereocenters. The summed E-state index contributed by atoms with van der Waals surface area (Å²) < 4.78 is 0. The number of aliphatic carboxylic acids is 1. The second kappa shape index (κ2) is 47.5. The van der Waals surface area contributed by atoms with Gasteiger partial charge in [0.2, 0.25) is 47.3 Å². The van der Waals surface area contributed by atoms with E-state index < -0.39 is 105 Å². The topological polar surface area (TPSA) is 670 Å². The van der Waals surface area contributed by atoms with Crippen LogP contribution in [0.5, 0.6) is 0 Å². The number of primary amides is 1. The standard InChI is InChI=1S/C47H96N30O10S2/c48-32(41(86)87)30-88-89-31-63-22-34(79)72(16-2-9-65-43(52)53)24-36(81)74(18-4-11-67-45(56)57)26-38(83)76(20-6-13-69-47(60)61)28-40(85)77(21-7-14-70-62)29-39(84)75(19-5-12-68-46(58)59)27-37(82)73(17-3-10-66-44(54)55)25-35(80)71(23-33(49)78)15-1-8-64-42(50)51/h32,63,70H,1-31,48,62H2,(H2,49,78)(H,86,87)(H4,50,51,64)(H4,52,53,65)(H4,54,55,66)(H4,56,57,67)(H4,58,59,68)(H4,60,61,69)/t32-/m0/s1. The van der Waals surface area contributed by atoms with Crippen LogP contribution in [0.1, 0.15) is 44.9 Å². The van der Waals surface area contributed by atoms with Crippen LogP contribution in [0.2, 0.25) is 0 Å². The number of hydrogen-bond acceptors (Lipinski definition) is 21. The van der Waals surface area contributed by atoms with Crippen LogP contribution < -0.4 is 94.4 Å². The predicted molar refractivity (Wildman–Crippen MR) is 338 cm³/mol. The van der Waals surface area contributed by atoms with Crippen molar-refractivity contribution in [3.05, 3.63) is 0 Å². The van der Waals surface area contributed by atoms with E-state index in [1.54, 1.807) is 0 Å². The van der Waals surface area contributed by atoms with Gasteiger partial charge in [-0.2, -0.15) is 0 Å². The van der Waals surface area contributed by atoms with E-state index in [4.69, 9.17) is 89.3 Å². The maximum Gasteiger partial charge on any atom is 0.321 e. The molecule has 0 radical (unpaired) electrons. The van der Waals surface area contributed by atoms with Crippen LogP contribution in [-0.4, -0.2) is 290 Å². The molecule has 89 heavy (non-hydrogen) atoms. The summed E-state index contributed by atoms with van der Waals surface area (Å²) in [6.45, 7) is -4.46. The van der Waals surface area contributed by atoms with Gasteiger partial charge >= 0.3 is 5.97 Å². The number of carboxylic acid groups (broad SMARTS) is 1. The first-order valence-corrected chi connectivity index (χ1v) is 30.6. The van der Waals surface area contributed by atoms with Crippen LogP contribution in [0.25, 0.3) is 0 Å². The van der Waals surface area contributed by atoms with E-state index in [0.717, 1.165) is 24.5 Å². The molecule has 506 valence electrons. The minimum atomic E-state index is -1.17. The van der Waals surface area contributed by atoms with E-state index in [-0.39, 0.29) is 191 Å². The van der Waals surface area contributed by atoms with Crippen molar-refractivity contribution < 1.29 is 48.3 Å². The molecule has 0 spiro atoms. The molecule has 0 aromatic carbocycles. The second-order valence-corrected chi connectivity index (χ2v) is 22.1. The van der Waals surface area contributed by atoms with Crippen LogP contribution in [0.4, 0.5) is 0 Å². The van der Waals surface area contributed by atoms with Gasteiger partial charge in [-0.05, 0) is 44.9 Å². The number of nitrogens with two attached hydrogens (primary N) is 9. The fourth-order valence-corrected chi connectivity index (χ4v) is 9.57. The van der Waals surface area contributed by atoms with Crippen molar-refractivity contribution in [2.24, 2.45) is 51.7 Å². The molecule has 0 rings (SSSR count). The quantitative estimate of drug-likeness (QED) is 0.00511. The van der Waals surface area contributed by atoms with E-state index >= 15 is 0 Å². The maximum atomic E-state index is 14.6. The number of carboxylic acids is 1. The van der Waals surface area contributed by atoms with Gasteiger partial charge in [-0.1, -0.05) is 21.6 Å². The zero-order valence-electron chi connectivity index (χ0n) is 50.3. The molecule has 0 bridgehead atoms. The van der Waals surface area contributed by atoms with Crippen molar-refractivity contribution in [3.63, 3.8) is 0 Å². The summed E-state index contributed by atoms with van der Waals surface area (Å²) in [6, 6.07) is -1.09. The van der Waals surface area contributed by atoms with Crippen LogP contribution in [0.3, 0.4) is 0 Å². The van der Waals surface area contributed by atoms with Crippen LogP contribution in [0.15, 0.2) is 0 Å². The Morgan fingerprint density at radius 2 is 0.607 bits per heavy atom. The summed E-state index contributed by atoms with van der Waals surface area (Å²) in [7, 11) is 2.39. The fraction of sp³-hybridized carbons (Fsp3) is 0.681. The van der Waals surface area contributed by atoms with Crippen molar-refractivity contribution >= 4 is 111 Å². The van der Waals surface area contributed by atoms with Gasteiger partial charge in [0.25, 0.3) is 0 Å². The van der Waals surface area contributed by atoms with Gasteiger partial charge in [0.15, 0.2) is 35.8 Å². The number of nitrogens with zero attached hydrogens (tertiary/aromatic N) is 7. The number of rotatable bonds is 50. The number of hydrazine groups is 1. The summed E-state index contributed by atoms with van der Waals surface area (Å²) in [5.41, 5.74) is 46.3. The summed E-state index contributed by atoms with van der Waals surface area (Å²) in [5.74, 6) is -3.20. The summed E-state index contributed by atoms with van der Waals surface area (Å²) in [6.07, 6.45) is 1.17. The normalized spacial score (nSPS) is 10.9. The lowest BCUT2D eigenvalue weighted by atomic mass is 10.2. The van der Waals surface area contributed by atoms with E-state index in [2.05, 4.69) is 42.6 Å². The van der Waals surface area contributed by atoms with Crippen molar-refractivity contribution in [1.82, 2.24) is 76.9 Å². The van der Waals surface area contributed by atoms with Crippen molar-refractivity contribution in [1.29, 1.82) is 32.5 Å². The Kier molecular flexibility index (Phi) is 42.9. The molecule has 1 atom stereocenters. The molecule has 0 saturated heterocycles. The molecule has 42 heteroatoms. The lowest BCUT2D eigenvalue weighted by Gasteiger charge is -2.32. The van der Waals surface area contributed by atoms with Crippen molar-refractivity contribution in [2.45, 2.75) is 51.0 Å². The molecule has 0 aromatic rings. The molecule has 33 N–H and O–H groups in total. The van der Waals surface area contributed by atoms with Gasteiger partial charge in [-0.3, -0.25) is 92.2 Å². The third-order valence-corrected chi connectivity index (χ3v) is 14.4. The van der Waals surface area contributed by atoms with Crippen LogP contribution in [0, 0.1) is 32.5 Å². The Morgan fingerprint density at radius 1 is 0.371 bits per heavy atom. The van der Waals surface area contributed by atoms with Gasteiger partial charge in [0.1, 0.15) is 6.04 Å². The molecule has 40 nitrogen and oxygen atoms in total. The van der Waals surface area contributed by atoms with E-state index in [0.29, 0.717) is 0 Å². The number of guanidine groups is 6. The predicted octanol–water partition coefficient (Wildman–Crippen LogP) is -10.3. The molecule has 0 saturated carbocycles. The van der Waals surface area contributed by atoms with E-state index in [1.807, 2.05) is 0 Å². The lowest BCUT2D eigenvalue weighted by molar-refractivity contribution is -0.148.